The minimum atomic E-state index is 0.384. The molecule has 3 heteroatoms. The fourth-order valence-corrected chi connectivity index (χ4v) is 4.93. The summed E-state index contributed by atoms with van der Waals surface area (Å²) in [6.45, 7) is 0. The Balaban J connectivity index is 1.73. The Morgan fingerprint density at radius 1 is 0.833 bits per heavy atom. The van der Waals surface area contributed by atoms with E-state index in [1.54, 1.807) is 0 Å². The van der Waals surface area contributed by atoms with Gasteiger partial charge in [0.1, 0.15) is 0 Å². The molecule has 1 unspecified atom stereocenters. The molecule has 0 bridgehead atoms. The zero-order chi connectivity index (χ0) is 16.1. The summed E-state index contributed by atoms with van der Waals surface area (Å²) in [6.07, 6.45) is 0. The lowest BCUT2D eigenvalue weighted by atomic mass is 10.0. The van der Waals surface area contributed by atoms with Crippen LogP contribution in [-0.2, 0) is 0 Å². The SMILES string of the molecule is Clc1ccc2c(ccc3ccc4c(c32)[NH2+]C(c2ccccc2)S4)c1. The second-order valence-electron chi connectivity index (χ2n) is 6.12. The lowest BCUT2D eigenvalue weighted by Crippen LogP contribution is -2.76. The van der Waals surface area contributed by atoms with Crippen LogP contribution >= 0.6 is 23.4 Å². The molecule has 1 aliphatic heterocycles. The summed E-state index contributed by atoms with van der Waals surface area (Å²) in [4.78, 5) is 1.36. The van der Waals surface area contributed by atoms with Gasteiger partial charge in [-0.25, -0.2) is 0 Å². The standard InChI is InChI=1S/C21H14ClNS/c22-16-9-10-17-15(12-16)7-6-13-8-11-18-20(19(13)17)23-21(24-18)14-4-2-1-3-5-14/h1-12,21,23H/p+1. The van der Waals surface area contributed by atoms with E-state index < -0.39 is 0 Å². The summed E-state index contributed by atoms with van der Waals surface area (Å²) < 4.78 is 0. The van der Waals surface area contributed by atoms with E-state index in [1.807, 2.05) is 23.9 Å². The fraction of sp³-hybridized carbons (Fsp3) is 0.0476. The molecule has 1 aliphatic rings. The van der Waals surface area contributed by atoms with E-state index in [2.05, 4.69) is 66.0 Å². The summed E-state index contributed by atoms with van der Waals surface area (Å²) in [7, 11) is 0. The van der Waals surface area contributed by atoms with Crippen molar-refractivity contribution < 1.29 is 5.32 Å². The average Bonchev–Trinajstić information content (AvgIpc) is 3.06. The Bertz CT molecular complexity index is 1080. The molecular formula is C21H15ClNS+. The van der Waals surface area contributed by atoms with E-state index in [1.165, 1.54) is 37.7 Å². The first-order valence-electron chi connectivity index (χ1n) is 8.01. The summed E-state index contributed by atoms with van der Waals surface area (Å²) in [6, 6.07) is 25.7. The van der Waals surface area contributed by atoms with Gasteiger partial charge in [-0.3, -0.25) is 5.32 Å². The quantitative estimate of drug-likeness (QED) is 0.347. The van der Waals surface area contributed by atoms with Crippen LogP contribution in [-0.4, -0.2) is 0 Å². The highest BCUT2D eigenvalue weighted by molar-refractivity contribution is 7.99. The van der Waals surface area contributed by atoms with Crippen molar-refractivity contribution in [2.45, 2.75) is 10.3 Å². The van der Waals surface area contributed by atoms with Crippen LogP contribution in [0.4, 0.5) is 5.69 Å². The van der Waals surface area contributed by atoms with Gasteiger partial charge < -0.3 is 0 Å². The van der Waals surface area contributed by atoms with Crippen LogP contribution in [0.25, 0.3) is 21.5 Å². The van der Waals surface area contributed by atoms with Crippen molar-refractivity contribution in [1.82, 2.24) is 0 Å². The highest BCUT2D eigenvalue weighted by Crippen LogP contribution is 2.44. The second-order valence-corrected chi connectivity index (χ2v) is 7.74. The molecule has 1 nitrogen and oxygen atoms in total. The first-order valence-corrected chi connectivity index (χ1v) is 9.27. The van der Waals surface area contributed by atoms with E-state index >= 15 is 0 Å². The minimum absolute atomic E-state index is 0.384. The van der Waals surface area contributed by atoms with Crippen molar-refractivity contribution >= 4 is 50.6 Å². The van der Waals surface area contributed by atoms with Crippen molar-refractivity contribution in [3.63, 3.8) is 0 Å². The Morgan fingerprint density at radius 2 is 1.62 bits per heavy atom. The third kappa shape index (κ3) is 2.22. The molecule has 24 heavy (non-hydrogen) atoms. The molecule has 0 aromatic heterocycles. The van der Waals surface area contributed by atoms with Crippen molar-refractivity contribution in [2.24, 2.45) is 0 Å². The first-order chi connectivity index (χ1) is 11.8. The smallest absolute Gasteiger partial charge is 0.168 e. The maximum atomic E-state index is 6.18. The normalized spacial score (nSPS) is 16.6. The van der Waals surface area contributed by atoms with Gasteiger partial charge in [-0.2, -0.15) is 0 Å². The second kappa shape index (κ2) is 5.52. The molecule has 1 heterocycles. The third-order valence-corrected chi connectivity index (χ3v) is 6.17. The van der Waals surface area contributed by atoms with Gasteiger partial charge in [-0.15, -0.1) is 0 Å². The number of thioether (sulfide) groups is 1. The number of rotatable bonds is 1. The van der Waals surface area contributed by atoms with Crippen molar-refractivity contribution in [2.75, 3.05) is 0 Å². The molecule has 2 N–H and O–H groups in total. The molecule has 0 saturated heterocycles. The Morgan fingerprint density at radius 3 is 2.50 bits per heavy atom. The molecule has 0 spiro atoms. The number of fused-ring (bicyclic) bond motifs is 5. The third-order valence-electron chi connectivity index (χ3n) is 4.66. The molecule has 0 aliphatic carbocycles. The van der Waals surface area contributed by atoms with Gasteiger partial charge in [-0.1, -0.05) is 78.0 Å². The van der Waals surface area contributed by atoms with E-state index in [0.717, 1.165) is 5.02 Å². The predicted molar refractivity (Wildman–Crippen MR) is 103 cm³/mol. The zero-order valence-electron chi connectivity index (χ0n) is 12.9. The van der Waals surface area contributed by atoms with Crippen LogP contribution in [0.3, 0.4) is 0 Å². The van der Waals surface area contributed by atoms with Gasteiger partial charge in [0.15, 0.2) is 11.1 Å². The Kier molecular flexibility index (Phi) is 3.30. The lowest BCUT2D eigenvalue weighted by Gasteiger charge is -2.08. The van der Waals surface area contributed by atoms with Gasteiger partial charge in [0, 0.05) is 10.6 Å². The number of nitrogens with two attached hydrogens (primary N) is 1. The van der Waals surface area contributed by atoms with E-state index in [0.29, 0.717) is 5.37 Å². The van der Waals surface area contributed by atoms with Gasteiger partial charge in [-0.05, 0) is 34.4 Å². The topological polar surface area (TPSA) is 16.6 Å². The van der Waals surface area contributed by atoms with Gasteiger partial charge >= 0.3 is 0 Å². The predicted octanol–water partition coefficient (Wildman–Crippen LogP) is 5.65. The van der Waals surface area contributed by atoms with E-state index in [-0.39, 0.29) is 0 Å². The lowest BCUT2D eigenvalue weighted by molar-refractivity contribution is -0.588. The first kappa shape index (κ1) is 14.4. The molecule has 0 amide bonds. The van der Waals surface area contributed by atoms with Crippen molar-refractivity contribution in [3.8, 4) is 0 Å². The highest BCUT2D eigenvalue weighted by Gasteiger charge is 2.30. The summed E-state index contributed by atoms with van der Waals surface area (Å²) in [5, 5.41) is 8.68. The number of benzene rings is 4. The van der Waals surface area contributed by atoms with Crippen LogP contribution < -0.4 is 5.32 Å². The highest BCUT2D eigenvalue weighted by atomic mass is 35.5. The van der Waals surface area contributed by atoms with Gasteiger partial charge in [0.2, 0.25) is 0 Å². The molecule has 0 radical (unpaired) electrons. The van der Waals surface area contributed by atoms with Crippen LogP contribution in [0, 0.1) is 0 Å². The summed E-state index contributed by atoms with van der Waals surface area (Å²) in [5.41, 5.74) is 2.72. The number of hydrogen-bond donors (Lipinski definition) is 1. The minimum Gasteiger partial charge on any atom is -0.297 e. The summed E-state index contributed by atoms with van der Waals surface area (Å²) in [5.74, 6) is 0. The van der Waals surface area contributed by atoms with Gasteiger partial charge in [0.05, 0.1) is 10.3 Å². The molecule has 0 fully saturated rings. The molecule has 4 aromatic rings. The molecule has 0 saturated carbocycles. The van der Waals surface area contributed by atoms with Crippen LogP contribution in [0.1, 0.15) is 10.9 Å². The Labute approximate surface area is 149 Å². The number of hydrogen-bond acceptors (Lipinski definition) is 1. The average molecular weight is 349 g/mol. The number of quaternary nitrogens is 1. The number of halogens is 1. The maximum Gasteiger partial charge on any atom is 0.168 e. The van der Waals surface area contributed by atoms with Crippen LogP contribution in [0.15, 0.2) is 77.7 Å². The van der Waals surface area contributed by atoms with Crippen molar-refractivity contribution in [1.29, 1.82) is 0 Å². The molecule has 5 rings (SSSR count). The van der Waals surface area contributed by atoms with Crippen molar-refractivity contribution in [3.05, 3.63) is 83.4 Å². The Hall–Kier alpha value is -2.00. The van der Waals surface area contributed by atoms with Crippen LogP contribution in [0.5, 0.6) is 0 Å². The largest absolute Gasteiger partial charge is 0.297 e. The molecule has 4 aromatic carbocycles. The van der Waals surface area contributed by atoms with Gasteiger partial charge in [0.25, 0.3) is 0 Å². The monoisotopic (exact) mass is 348 g/mol. The molecule has 116 valence electrons. The van der Waals surface area contributed by atoms with Crippen LogP contribution in [0.2, 0.25) is 5.02 Å². The van der Waals surface area contributed by atoms with E-state index in [4.69, 9.17) is 11.6 Å². The molecular weight excluding hydrogens is 334 g/mol. The molecule has 1 atom stereocenters. The maximum absolute atomic E-state index is 6.18. The van der Waals surface area contributed by atoms with E-state index in [9.17, 15) is 0 Å². The fourth-order valence-electron chi connectivity index (χ4n) is 3.53. The zero-order valence-corrected chi connectivity index (χ0v) is 14.4. The summed E-state index contributed by atoms with van der Waals surface area (Å²) >= 11 is 8.11.